The highest BCUT2D eigenvalue weighted by Gasteiger charge is 2.20. The number of hydrogen-bond acceptors (Lipinski definition) is 4. The smallest absolute Gasteiger partial charge is 0.248 e. The fourth-order valence-electron chi connectivity index (χ4n) is 1.04. The summed E-state index contributed by atoms with van der Waals surface area (Å²) in [6, 6.07) is 8.77. The van der Waals surface area contributed by atoms with Crippen LogP contribution in [0.25, 0.3) is 0 Å². The summed E-state index contributed by atoms with van der Waals surface area (Å²) in [5, 5.41) is 7.53. The molecule has 0 aliphatic carbocycles. The van der Waals surface area contributed by atoms with Crippen LogP contribution >= 0.6 is 11.8 Å². The van der Waals surface area contributed by atoms with Crippen LogP contribution in [0.5, 0.6) is 0 Å². The monoisotopic (exact) mass is 256 g/mol. The third-order valence-corrected chi connectivity index (χ3v) is 4.34. The van der Waals surface area contributed by atoms with Crippen molar-refractivity contribution in [3.63, 3.8) is 0 Å². The lowest BCUT2D eigenvalue weighted by atomic mass is 10.3. The molecule has 1 N–H and O–H groups in total. The summed E-state index contributed by atoms with van der Waals surface area (Å²) in [4.78, 5) is 0.830. The van der Waals surface area contributed by atoms with E-state index >= 15 is 0 Å². The second-order valence-corrected chi connectivity index (χ2v) is 5.97. The average Bonchev–Trinajstić information content (AvgIpc) is 2.28. The fourth-order valence-corrected chi connectivity index (χ4v) is 2.46. The minimum atomic E-state index is -3.62. The molecule has 16 heavy (non-hydrogen) atoms. The Labute approximate surface area is 99.7 Å². The van der Waals surface area contributed by atoms with E-state index in [0.29, 0.717) is 5.69 Å². The summed E-state index contributed by atoms with van der Waals surface area (Å²) in [7, 11) is -3.62. The molecule has 1 rings (SSSR count). The van der Waals surface area contributed by atoms with Gasteiger partial charge in [0.15, 0.2) is 5.25 Å². The molecule has 1 aromatic carbocycles. The number of para-hydroxylation sites is 1. The molecule has 1 unspecified atom stereocenters. The molecule has 4 nitrogen and oxygen atoms in total. The highest BCUT2D eigenvalue weighted by atomic mass is 32.2. The van der Waals surface area contributed by atoms with Crippen molar-refractivity contribution in [1.29, 1.82) is 5.26 Å². The number of hydrogen-bond donors (Lipinski definition) is 1. The highest BCUT2D eigenvalue weighted by molar-refractivity contribution is 7.99. The molecule has 86 valence electrons. The normalized spacial score (nSPS) is 12.8. The van der Waals surface area contributed by atoms with Crippen molar-refractivity contribution < 1.29 is 8.42 Å². The van der Waals surface area contributed by atoms with Crippen molar-refractivity contribution in [1.82, 2.24) is 0 Å². The van der Waals surface area contributed by atoms with Crippen LogP contribution in [-0.4, -0.2) is 19.9 Å². The SMILES string of the molecule is CSc1ccccc1NS(=O)(=O)C(C)C#N. The lowest BCUT2D eigenvalue weighted by molar-refractivity contribution is 0.597. The van der Waals surface area contributed by atoms with Crippen molar-refractivity contribution in [2.24, 2.45) is 0 Å². The van der Waals surface area contributed by atoms with Crippen molar-refractivity contribution in [3.05, 3.63) is 24.3 Å². The van der Waals surface area contributed by atoms with Gasteiger partial charge in [-0.15, -0.1) is 11.8 Å². The molecule has 0 saturated heterocycles. The molecular weight excluding hydrogens is 244 g/mol. The zero-order valence-electron chi connectivity index (χ0n) is 8.97. The molecule has 0 aromatic heterocycles. The maximum Gasteiger partial charge on any atom is 0.248 e. The fraction of sp³-hybridized carbons (Fsp3) is 0.300. The van der Waals surface area contributed by atoms with E-state index < -0.39 is 15.3 Å². The number of sulfonamides is 1. The van der Waals surface area contributed by atoms with Gasteiger partial charge in [0.25, 0.3) is 0 Å². The molecule has 0 aliphatic rings. The molecule has 0 fully saturated rings. The van der Waals surface area contributed by atoms with E-state index in [0.717, 1.165) is 4.90 Å². The minimum Gasteiger partial charge on any atom is -0.281 e. The Morgan fingerprint density at radius 1 is 1.44 bits per heavy atom. The van der Waals surface area contributed by atoms with Gasteiger partial charge in [0.2, 0.25) is 10.0 Å². The topological polar surface area (TPSA) is 70.0 Å². The molecule has 0 saturated carbocycles. The first-order valence-electron chi connectivity index (χ1n) is 4.55. The quantitative estimate of drug-likeness (QED) is 0.837. The molecule has 0 amide bonds. The molecule has 1 atom stereocenters. The van der Waals surface area contributed by atoms with Crippen LogP contribution < -0.4 is 4.72 Å². The van der Waals surface area contributed by atoms with Gasteiger partial charge < -0.3 is 0 Å². The summed E-state index contributed by atoms with van der Waals surface area (Å²) < 4.78 is 25.7. The van der Waals surface area contributed by atoms with Gasteiger partial charge in [-0.2, -0.15) is 5.26 Å². The van der Waals surface area contributed by atoms with Crippen molar-refractivity contribution in [2.45, 2.75) is 17.1 Å². The summed E-state index contributed by atoms with van der Waals surface area (Å²) in [5.41, 5.74) is 0.511. The third kappa shape index (κ3) is 2.90. The number of nitrogens with one attached hydrogen (secondary N) is 1. The van der Waals surface area contributed by atoms with Gasteiger partial charge in [-0.1, -0.05) is 12.1 Å². The Hall–Kier alpha value is -1.19. The largest absolute Gasteiger partial charge is 0.281 e. The van der Waals surface area contributed by atoms with E-state index in [1.807, 2.05) is 18.4 Å². The third-order valence-electron chi connectivity index (χ3n) is 2.01. The van der Waals surface area contributed by atoms with Crippen molar-refractivity contribution in [3.8, 4) is 6.07 Å². The van der Waals surface area contributed by atoms with E-state index in [4.69, 9.17) is 5.26 Å². The summed E-state index contributed by atoms with van der Waals surface area (Å²) in [6.45, 7) is 1.35. The number of rotatable bonds is 4. The molecule has 0 spiro atoms. The van der Waals surface area contributed by atoms with E-state index in [1.54, 1.807) is 18.2 Å². The maximum absolute atomic E-state index is 11.7. The summed E-state index contributed by atoms with van der Waals surface area (Å²) >= 11 is 1.45. The second-order valence-electron chi connectivity index (χ2n) is 3.12. The zero-order valence-corrected chi connectivity index (χ0v) is 10.6. The number of nitrogens with zero attached hydrogens (tertiary/aromatic N) is 1. The Balaban J connectivity index is 3.02. The van der Waals surface area contributed by atoms with E-state index in [-0.39, 0.29) is 0 Å². The number of thioether (sulfide) groups is 1. The van der Waals surface area contributed by atoms with Crippen molar-refractivity contribution >= 4 is 27.5 Å². The van der Waals surface area contributed by atoms with Gasteiger partial charge >= 0.3 is 0 Å². The predicted octanol–water partition coefficient (Wildman–Crippen LogP) is 2.06. The Kier molecular flexibility index (Phi) is 4.21. The molecule has 0 aliphatic heterocycles. The highest BCUT2D eigenvalue weighted by Crippen LogP contribution is 2.25. The maximum atomic E-state index is 11.7. The summed E-state index contributed by atoms with van der Waals surface area (Å²) in [6.07, 6.45) is 1.86. The standard InChI is InChI=1S/C10H12N2O2S2/c1-8(7-11)16(13,14)12-9-5-3-4-6-10(9)15-2/h3-6,8,12H,1-2H3. The van der Waals surface area contributed by atoms with Gasteiger partial charge in [0, 0.05) is 4.90 Å². The van der Waals surface area contributed by atoms with Crippen LogP contribution in [-0.2, 0) is 10.0 Å². The lowest BCUT2D eigenvalue weighted by Crippen LogP contribution is -2.24. The van der Waals surface area contributed by atoms with Crippen LogP contribution in [0.2, 0.25) is 0 Å². The van der Waals surface area contributed by atoms with Crippen LogP contribution in [0.3, 0.4) is 0 Å². The first-order valence-corrected chi connectivity index (χ1v) is 7.32. The number of benzene rings is 1. The van der Waals surface area contributed by atoms with Gasteiger partial charge in [0.1, 0.15) is 0 Å². The number of anilines is 1. The van der Waals surface area contributed by atoms with E-state index in [9.17, 15) is 8.42 Å². The average molecular weight is 256 g/mol. The molecule has 1 aromatic rings. The first-order chi connectivity index (χ1) is 7.51. The zero-order chi connectivity index (χ0) is 12.2. The lowest BCUT2D eigenvalue weighted by Gasteiger charge is -2.11. The van der Waals surface area contributed by atoms with Crippen LogP contribution in [0, 0.1) is 11.3 Å². The van der Waals surface area contributed by atoms with Gasteiger partial charge in [-0.25, -0.2) is 8.42 Å². The summed E-state index contributed by atoms with van der Waals surface area (Å²) in [5.74, 6) is 0. The Bertz CT molecular complexity index is 506. The van der Waals surface area contributed by atoms with Crippen molar-refractivity contribution in [2.75, 3.05) is 11.0 Å². The van der Waals surface area contributed by atoms with E-state index in [2.05, 4.69) is 4.72 Å². The van der Waals surface area contributed by atoms with Gasteiger partial charge in [-0.05, 0) is 25.3 Å². The van der Waals surface area contributed by atoms with Gasteiger partial charge in [0.05, 0.1) is 11.8 Å². The van der Waals surface area contributed by atoms with Gasteiger partial charge in [-0.3, -0.25) is 4.72 Å². The Morgan fingerprint density at radius 2 is 2.06 bits per heavy atom. The van der Waals surface area contributed by atoms with E-state index in [1.165, 1.54) is 18.7 Å². The first kappa shape index (κ1) is 12.9. The van der Waals surface area contributed by atoms with Crippen LogP contribution in [0.15, 0.2) is 29.2 Å². The molecule has 0 bridgehead atoms. The Morgan fingerprint density at radius 3 is 2.62 bits per heavy atom. The van der Waals surface area contributed by atoms with Crippen LogP contribution in [0.4, 0.5) is 5.69 Å². The second kappa shape index (κ2) is 5.23. The molecule has 0 radical (unpaired) electrons. The number of nitriles is 1. The molecule has 6 heteroatoms. The molecule has 0 heterocycles. The predicted molar refractivity (Wildman–Crippen MR) is 65.8 cm³/mol. The molecular formula is C10H12N2O2S2. The van der Waals surface area contributed by atoms with Crippen LogP contribution in [0.1, 0.15) is 6.92 Å². The minimum absolute atomic E-state index is 0.511.